The van der Waals surface area contributed by atoms with Crippen molar-refractivity contribution in [2.45, 2.75) is 57.0 Å². The van der Waals surface area contributed by atoms with E-state index in [-0.39, 0.29) is 0 Å². The van der Waals surface area contributed by atoms with E-state index in [0.717, 1.165) is 11.6 Å². The van der Waals surface area contributed by atoms with Gasteiger partial charge in [0.1, 0.15) is 0 Å². The molecule has 2 aliphatic rings. The van der Waals surface area contributed by atoms with Crippen LogP contribution in [0.2, 0.25) is 10.0 Å². The number of piperidine rings is 1. The van der Waals surface area contributed by atoms with Gasteiger partial charge in [0, 0.05) is 17.8 Å². The summed E-state index contributed by atoms with van der Waals surface area (Å²) in [5, 5.41) is 8.70. The summed E-state index contributed by atoms with van der Waals surface area (Å²) in [4.78, 5) is 0. The summed E-state index contributed by atoms with van der Waals surface area (Å²) in [6.07, 6.45) is 9.29. The van der Waals surface area contributed by atoms with Crippen LogP contribution < -0.4 is 10.6 Å². The number of anilines is 1. The van der Waals surface area contributed by atoms with Crippen molar-refractivity contribution in [1.82, 2.24) is 5.32 Å². The van der Waals surface area contributed by atoms with Crippen molar-refractivity contribution in [2.75, 3.05) is 11.9 Å². The number of hydrogen-bond acceptors (Lipinski definition) is 2. The Bertz CT molecular complexity index is 472. The molecule has 4 heteroatoms. The third-order valence-corrected chi connectivity index (χ3v) is 5.70. The fourth-order valence-corrected chi connectivity index (χ4v) is 4.16. The zero-order valence-corrected chi connectivity index (χ0v) is 13.9. The van der Waals surface area contributed by atoms with Crippen LogP contribution in [0.5, 0.6) is 0 Å². The SMILES string of the molecule is Clc1ccc(NC2CCCCC2C2CCCCN2)cc1Cl. The summed E-state index contributed by atoms with van der Waals surface area (Å²) in [5.41, 5.74) is 1.09. The molecule has 0 spiro atoms. The summed E-state index contributed by atoms with van der Waals surface area (Å²) in [7, 11) is 0. The molecule has 3 atom stereocenters. The number of benzene rings is 1. The number of hydrogen-bond donors (Lipinski definition) is 2. The molecule has 2 nitrogen and oxygen atoms in total. The lowest BCUT2D eigenvalue weighted by Gasteiger charge is -2.40. The van der Waals surface area contributed by atoms with Crippen molar-refractivity contribution in [3.05, 3.63) is 28.2 Å². The fraction of sp³-hybridized carbons (Fsp3) is 0.647. The Hall–Kier alpha value is -0.440. The predicted octanol–water partition coefficient (Wildman–Crippen LogP) is 5.11. The van der Waals surface area contributed by atoms with Gasteiger partial charge in [0.15, 0.2) is 0 Å². The smallest absolute Gasteiger partial charge is 0.0612 e. The van der Waals surface area contributed by atoms with E-state index in [1.807, 2.05) is 18.2 Å². The molecule has 3 unspecified atom stereocenters. The van der Waals surface area contributed by atoms with E-state index in [1.165, 1.54) is 51.5 Å². The highest BCUT2D eigenvalue weighted by Gasteiger charge is 2.32. The third-order valence-electron chi connectivity index (χ3n) is 4.96. The second kappa shape index (κ2) is 7.21. The van der Waals surface area contributed by atoms with Crippen LogP contribution in [0.1, 0.15) is 44.9 Å². The highest BCUT2D eigenvalue weighted by Crippen LogP contribution is 2.33. The standard InChI is InChI=1S/C17H24Cl2N2/c18-14-9-8-12(11-15(14)19)21-17-7-2-1-5-13(17)16-6-3-4-10-20-16/h8-9,11,13,16-17,20-21H,1-7,10H2. The molecular weight excluding hydrogens is 303 g/mol. The van der Waals surface area contributed by atoms with E-state index in [9.17, 15) is 0 Å². The molecule has 21 heavy (non-hydrogen) atoms. The first-order valence-corrected chi connectivity index (χ1v) is 8.94. The van der Waals surface area contributed by atoms with Gasteiger partial charge in [0.25, 0.3) is 0 Å². The van der Waals surface area contributed by atoms with Gasteiger partial charge in [-0.1, -0.05) is 42.5 Å². The number of halogens is 2. The van der Waals surface area contributed by atoms with Crippen LogP contribution in [-0.2, 0) is 0 Å². The topological polar surface area (TPSA) is 24.1 Å². The van der Waals surface area contributed by atoms with E-state index in [1.54, 1.807) is 0 Å². The van der Waals surface area contributed by atoms with E-state index in [0.29, 0.717) is 22.1 Å². The molecule has 0 radical (unpaired) electrons. The maximum absolute atomic E-state index is 6.13. The van der Waals surface area contributed by atoms with Gasteiger partial charge < -0.3 is 10.6 Å². The largest absolute Gasteiger partial charge is 0.382 e. The van der Waals surface area contributed by atoms with Crippen LogP contribution in [0.15, 0.2) is 18.2 Å². The molecule has 1 aliphatic heterocycles. The van der Waals surface area contributed by atoms with Crippen LogP contribution in [0.3, 0.4) is 0 Å². The molecule has 1 aromatic carbocycles. The van der Waals surface area contributed by atoms with Crippen LogP contribution >= 0.6 is 23.2 Å². The minimum atomic E-state index is 0.548. The van der Waals surface area contributed by atoms with Gasteiger partial charge in [-0.25, -0.2) is 0 Å². The number of rotatable bonds is 3. The third kappa shape index (κ3) is 3.85. The average Bonchev–Trinajstić information content (AvgIpc) is 2.52. The van der Waals surface area contributed by atoms with Gasteiger partial charge in [-0.15, -0.1) is 0 Å². The van der Waals surface area contributed by atoms with Gasteiger partial charge in [-0.3, -0.25) is 0 Å². The molecule has 116 valence electrons. The maximum Gasteiger partial charge on any atom is 0.0612 e. The first-order valence-electron chi connectivity index (χ1n) is 8.19. The average molecular weight is 327 g/mol. The Labute approximate surface area is 137 Å². The lowest BCUT2D eigenvalue weighted by Crippen LogP contribution is -2.48. The zero-order valence-electron chi connectivity index (χ0n) is 12.4. The molecular formula is C17H24Cl2N2. The normalized spacial score (nSPS) is 30.1. The minimum absolute atomic E-state index is 0.548. The van der Waals surface area contributed by atoms with Crippen molar-refractivity contribution in [3.63, 3.8) is 0 Å². The minimum Gasteiger partial charge on any atom is -0.382 e. The summed E-state index contributed by atoms with van der Waals surface area (Å²) in [6.45, 7) is 1.18. The van der Waals surface area contributed by atoms with E-state index < -0.39 is 0 Å². The van der Waals surface area contributed by atoms with E-state index in [2.05, 4.69) is 10.6 Å². The molecule has 1 saturated heterocycles. The van der Waals surface area contributed by atoms with Crippen molar-refractivity contribution in [2.24, 2.45) is 5.92 Å². The second-order valence-electron chi connectivity index (χ2n) is 6.38. The quantitative estimate of drug-likeness (QED) is 0.806. The van der Waals surface area contributed by atoms with Crippen LogP contribution in [-0.4, -0.2) is 18.6 Å². The Morgan fingerprint density at radius 2 is 1.76 bits per heavy atom. The molecule has 2 fully saturated rings. The number of nitrogens with one attached hydrogen (secondary N) is 2. The molecule has 2 N–H and O–H groups in total. The summed E-state index contributed by atoms with van der Waals surface area (Å²) in [5.74, 6) is 0.730. The van der Waals surface area contributed by atoms with Crippen LogP contribution in [0.25, 0.3) is 0 Å². The van der Waals surface area contributed by atoms with E-state index >= 15 is 0 Å². The lowest BCUT2D eigenvalue weighted by molar-refractivity contribution is 0.217. The molecule has 1 heterocycles. The van der Waals surface area contributed by atoms with Gasteiger partial charge in [-0.05, 0) is 56.3 Å². The summed E-state index contributed by atoms with van der Waals surface area (Å²) >= 11 is 12.1. The fourth-order valence-electron chi connectivity index (χ4n) is 3.86. The van der Waals surface area contributed by atoms with Crippen molar-refractivity contribution in [1.29, 1.82) is 0 Å². The first-order chi connectivity index (χ1) is 10.2. The summed E-state index contributed by atoms with van der Waals surface area (Å²) < 4.78 is 0. The van der Waals surface area contributed by atoms with Crippen LogP contribution in [0.4, 0.5) is 5.69 Å². The molecule has 1 saturated carbocycles. The Kier molecular flexibility index (Phi) is 5.31. The van der Waals surface area contributed by atoms with Crippen LogP contribution in [0, 0.1) is 5.92 Å². The Morgan fingerprint density at radius 1 is 0.952 bits per heavy atom. The zero-order chi connectivity index (χ0) is 14.7. The molecule has 0 aromatic heterocycles. The van der Waals surface area contributed by atoms with E-state index in [4.69, 9.17) is 23.2 Å². The van der Waals surface area contributed by atoms with Crippen molar-refractivity contribution >= 4 is 28.9 Å². The molecule has 1 aromatic rings. The van der Waals surface area contributed by atoms with Gasteiger partial charge in [0.05, 0.1) is 10.0 Å². The lowest BCUT2D eigenvalue weighted by atomic mass is 9.77. The molecule has 1 aliphatic carbocycles. The van der Waals surface area contributed by atoms with Gasteiger partial charge >= 0.3 is 0 Å². The Balaban J connectivity index is 1.69. The van der Waals surface area contributed by atoms with Crippen molar-refractivity contribution < 1.29 is 0 Å². The first kappa shape index (κ1) is 15.5. The van der Waals surface area contributed by atoms with Crippen molar-refractivity contribution in [3.8, 4) is 0 Å². The molecule has 3 rings (SSSR count). The highest BCUT2D eigenvalue weighted by molar-refractivity contribution is 6.42. The monoisotopic (exact) mass is 326 g/mol. The molecule has 0 bridgehead atoms. The maximum atomic E-state index is 6.13. The second-order valence-corrected chi connectivity index (χ2v) is 7.20. The van der Waals surface area contributed by atoms with Gasteiger partial charge in [0.2, 0.25) is 0 Å². The Morgan fingerprint density at radius 3 is 2.52 bits per heavy atom. The predicted molar refractivity (Wildman–Crippen MR) is 91.5 cm³/mol. The van der Waals surface area contributed by atoms with Gasteiger partial charge in [-0.2, -0.15) is 0 Å². The summed E-state index contributed by atoms with van der Waals surface area (Å²) in [6, 6.07) is 7.09. The molecule has 0 amide bonds. The highest BCUT2D eigenvalue weighted by atomic mass is 35.5.